The Morgan fingerprint density at radius 2 is 2.06 bits per heavy atom. The number of halogens is 2. The van der Waals surface area contributed by atoms with Crippen molar-refractivity contribution in [3.8, 4) is 0 Å². The Morgan fingerprint density at radius 3 is 2.61 bits per heavy atom. The highest BCUT2D eigenvalue weighted by atomic mass is 19.2. The Balaban J connectivity index is 2.13. The molecule has 1 unspecified atom stereocenters. The smallest absolute Gasteiger partial charge is 0.182 e. The monoisotopic (exact) mass is 254 g/mol. The van der Waals surface area contributed by atoms with Crippen molar-refractivity contribution in [2.45, 2.75) is 45.7 Å². The van der Waals surface area contributed by atoms with E-state index in [0.717, 1.165) is 19.3 Å². The molecule has 1 aliphatic rings. The van der Waals surface area contributed by atoms with Gasteiger partial charge in [-0.1, -0.05) is 19.9 Å². The van der Waals surface area contributed by atoms with E-state index in [1.54, 1.807) is 12.1 Å². The number of rotatable bonds is 3. The Morgan fingerprint density at radius 1 is 1.33 bits per heavy atom. The average molecular weight is 254 g/mol. The van der Waals surface area contributed by atoms with Gasteiger partial charge in [-0.3, -0.25) is 0 Å². The van der Waals surface area contributed by atoms with E-state index in [9.17, 15) is 8.78 Å². The summed E-state index contributed by atoms with van der Waals surface area (Å²) < 4.78 is 27.4. The molecule has 0 aromatic heterocycles. The minimum Gasteiger partial charge on any atom is -0.380 e. The first-order valence-electron chi connectivity index (χ1n) is 6.36. The first-order valence-corrected chi connectivity index (χ1v) is 6.36. The van der Waals surface area contributed by atoms with Crippen molar-refractivity contribution in [3.63, 3.8) is 0 Å². The normalized spacial score (nSPS) is 22.2. The van der Waals surface area contributed by atoms with Gasteiger partial charge in [0.2, 0.25) is 0 Å². The summed E-state index contributed by atoms with van der Waals surface area (Å²) in [5.41, 5.74) is 6.08. The van der Waals surface area contributed by atoms with E-state index in [-0.39, 0.29) is 29.3 Å². The van der Waals surface area contributed by atoms with Gasteiger partial charge in [0.05, 0.1) is 5.69 Å². The van der Waals surface area contributed by atoms with Gasteiger partial charge in [-0.2, -0.15) is 0 Å². The summed E-state index contributed by atoms with van der Waals surface area (Å²) in [7, 11) is 0. The Kier molecular flexibility index (Phi) is 3.57. The third-order valence-corrected chi connectivity index (χ3v) is 3.71. The second-order valence-corrected chi connectivity index (χ2v) is 5.85. The molecule has 1 aromatic carbocycles. The molecular formula is C14H20F2N2. The Labute approximate surface area is 107 Å². The van der Waals surface area contributed by atoms with Gasteiger partial charge in [0.1, 0.15) is 0 Å². The first kappa shape index (κ1) is 13.3. The highest BCUT2D eigenvalue weighted by molar-refractivity contribution is 5.48. The van der Waals surface area contributed by atoms with E-state index in [1.165, 1.54) is 0 Å². The molecule has 1 atom stereocenters. The number of anilines is 1. The molecule has 0 saturated heterocycles. The lowest BCUT2D eigenvalue weighted by Gasteiger charge is -2.19. The Bertz CT molecular complexity index is 444. The molecule has 4 heteroatoms. The molecule has 1 saturated carbocycles. The third kappa shape index (κ3) is 2.64. The lowest BCUT2D eigenvalue weighted by Crippen LogP contribution is -2.19. The van der Waals surface area contributed by atoms with Crippen LogP contribution in [0.5, 0.6) is 0 Å². The van der Waals surface area contributed by atoms with E-state index in [1.807, 2.05) is 0 Å². The number of benzene rings is 1. The molecule has 0 radical (unpaired) electrons. The van der Waals surface area contributed by atoms with Crippen LogP contribution in [0.15, 0.2) is 12.1 Å². The maximum Gasteiger partial charge on any atom is 0.182 e. The summed E-state index contributed by atoms with van der Waals surface area (Å²) in [6, 6.07) is 3.34. The van der Waals surface area contributed by atoms with Gasteiger partial charge < -0.3 is 11.1 Å². The summed E-state index contributed by atoms with van der Waals surface area (Å²) in [4.78, 5) is 0. The van der Waals surface area contributed by atoms with Crippen LogP contribution in [0, 0.1) is 17.0 Å². The molecule has 0 heterocycles. The maximum absolute atomic E-state index is 13.8. The van der Waals surface area contributed by atoms with Gasteiger partial charge in [-0.15, -0.1) is 0 Å². The predicted molar refractivity (Wildman–Crippen MR) is 69.3 cm³/mol. The fourth-order valence-electron chi connectivity index (χ4n) is 2.64. The topological polar surface area (TPSA) is 38.0 Å². The maximum atomic E-state index is 13.8. The van der Waals surface area contributed by atoms with E-state index in [2.05, 4.69) is 19.2 Å². The first-order chi connectivity index (χ1) is 8.43. The molecule has 0 aliphatic heterocycles. The van der Waals surface area contributed by atoms with E-state index >= 15 is 0 Å². The molecule has 1 fully saturated rings. The molecule has 100 valence electrons. The molecule has 0 bridgehead atoms. The van der Waals surface area contributed by atoms with Crippen LogP contribution in [-0.4, -0.2) is 6.04 Å². The highest BCUT2D eigenvalue weighted by Gasteiger charge is 2.31. The van der Waals surface area contributed by atoms with Gasteiger partial charge in [0, 0.05) is 18.2 Å². The average Bonchev–Trinajstić information content (AvgIpc) is 2.65. The number of nitrogens with one attached hydrogen (secondary N) is 1. The minimum absolute atomic E-state index is 0.0134. The van der Waals surface area contributed by atoms with Gasteiger partial charge in [0.25, 0.3) is 0 Å². The van der Waals surface area contributed by atoms with Gasteiger partial charge in [0.15, 0.2) is 11.6 Å². The molecular weight excluding hydrogens is 234 g/mol. The zero-order valence-electron chi connectivity index (χ0n) is 10.9. The number of hydrogen-bond acceptors (Lipinski definition) is 2. The van der Waals surface area contributed by atoms with Crippen LogP contribution >= 0.6 is 0 Å². The highest BCUT2D eigenvalue weighted by Crippen LogP contribution is 2.38. The molecule has 0 amide bonds. The van der Waals surface area contributed by atoms with Crippen molar-refractivity contribution >= 4 is 5.69 Å². The van der Waals surface area contributed by atoms with Crippen LogP contribution in [-0.2, 0) is 6.54 Å². The van der Waals surface area contributed by atoms with Crippen LogP contribution in [0.3, 0.4) is 0 Å². The van der Waals surface area contributed by atoms with Gasteiger partial charge in [-0.05, 0) is 30.7 Å². The van der Waals surface area contributed by atoms with Crippen LogP contribution in [0.25, 0.3) is 0 Å². The standard InChI is InChI=1S/C14H20F2N2/c1-14(2)6-5-10(7-14)18-11-4-3-9(8-17)12(15)13(11)16/h3-4,10,18H,5-8,17H2,1-2H3. The lowest BCUT2D eigenvalue weighted by molar-refractivity contribution is 0.378. The largest absolute Gasteiger partial charge is 0.380 e. The van der Waals surface area contributed by atoms with Crippen molar-refractivity contribution in [3.05, 3.63) is 29.3 Å². The molecule has 1 aliphatic carbocycles. The zero-order valence-corrected chi connectivity index (χ0v) is 10.9. The fraction of sp³-hybridized carbons (Fsp3) is 0.571. The second-order valence-electron chi connectivity index (χ2n) is 5.85. The van der Waals surface area contributed by atoms with Crippen LogP contribution in [0.2, 0.25) is 0 Å². The van der Waals surface area contributed by atoms with Gasteiger partial charge >= 0.3 is 0 Å². The second kappa shape index (κ2) is 4.84. The van der Waals surface area contributed by atoms with Gasteiger partial charge in [-0.25, -0.2) is 8.78 Å². The zero-order chi connectivity index (χ0) is 13.3. The Hall–Kier alpha value is -1.16. The molecule has 2 rings (SSSR count). The van der Waals surface area contributed by atoms with Crippen molar-refractivity contribution in [1.29, 1.82) is 0 Å². The molecule has 2 nitrogen and oxygen atoms in total. The van der Waals surface area contributed by atoms with Crippen molar-refractivity contribution < 1.29 is 8.78 Å². The number of hydrogen-bond donors (Lipinski definition) is 2. The van der Waals surface area contributed by atoms with Crippen molar-refractivity contribution in [2.24, 2.45) is 11.1 Å². The van der Waals surface area contributed by atoms with E-state index in [0.29, 0.717) is 0 Å². The molecule has 1 aromatic rings. The minimum atomic E-state index is -0.834. The number of nitrogens with two attached hydrogens (primary N) is 1. The van der Waals surface area contributed by atoms with Crippen molar-refractivity contribution in [2.75, 3.05) is 5.32 Å². The van der Waals surface area contributed by atoms with Crippen LogP contribution in [0.1, 0.15) is 38.7 Å². The fourth-order valence-corrected chi connectivity index (χ4v) is 2.64. The summed E-state index contributed by atoms with van der Waals surface area (Å²) in [5.74, 6) is -1.65. The molecule has 3 N–H and O–H groups in total. The molecule has 18 heavy (non-hydrogen) atoms. The summed E-state index contributed by atoms with van der Waals surface area (Å²) in [5, 5.41) is 3.10. The third-order valence-electron chi connectivity index (χ3n) is 3.71. The summed E-state index contributed by atoms with van der Waals surface area (Å²) in [6.07, 6.45) is 3.08. The summed E-state index contributed by atoms with van der Waals surface area (Å²) >= 11 is 0. The van der Waals surface area contributed by atoms with Crippen molar-refractivity contribution in [1.82, 2.24) is 0 Å². The van der Waals surface area contributed by atoms with Crippen LogP contribution < -0.4 is 11.1 Å². The predicted octanol–water partition coefficient (Wildman–Crippen LogP) is 3.41. The SMILES string of the molecule is CC1(C)CCC(Nc2ccc(CN)c(F)c2F)C1. The van der Waals surface area contributed by atoms with Crippen LogP contribution in [0.4, 0.5) is 14.5 Å². The molecule has 0 spiro atoms. The van der Waals surface area contributed by atoms with E-state index < -0.39 is 11.6 Å². The quantitative estimate of drug-likeness (QED) is 0.867. The lowest BCUT2D eigenvalue weighted by atomic mass is 9.92. The summed E-state index contributed by atoms with van der Waals surface area (Å²) in [6.45, 7) is 4.41. The van der Waals surface area contributed by atoms with E-state index in [4.69, 9.17) is 5.73 Å².